The molecule has 0 radical (unpaired) electrons. The molecule has 3 rings (SSSR count). The molecule has 0 spiro atoms. The largest absolute Gasteiger partial charge is 0.439 e. The summed E-state index contributed by atoms with van der Waals surface area (Å²) in [7, 11) is 0. The Morgan fingerprint density at radius 1 is 1.04 bits per heavy atom. The molecular formula is C22H23ClN2OS. The number of aromatic nitrogens is 2. The first-order valence-electron chi connectivity index (χ1n) is 9.07. The van der Waals surface area contributed by atoms with Crippen molar-refractivity contribution < 1.29 is 4.74 Å². The molecule has 0 unspecified atom stereocenters. The Bertz CT molecular complexity index is 914. The van der Waals surface area contributed by atoms with Crippen molar-refractivity contribution in [3.8, 4) is 11.6 Å². The minimum atomic E-state index is 0.378. The Hall–Kier alpha value is -2.04. The maximum atomic E-state index is 6.26. The summed E-state index contributed by atoms with van der Waals surface area (Å²) >= 11 is 7.82. The van der Waals surface area contributed by atoms with Crippen LogP contribution < -0.4 is 4.74 Å². The maximum absolute atomic E-state index is 6.26. The predicted octanol–water partition coefficient (Wildman–Crippen LogP) is 6.90. The number of ether oxygens (including phenoxy) is 1. The van der Waals surface area contributed by atoms with Crippen LogP contribution in [0.1, 0.15) is 43.5 Å². The zero-order valence-corrected chi connectivity index (χ0v) is 17.3. The maximum Gasteiger partial charge on any atom is 0.223 e. The van der Waals surface area contributed by atoms with Crippen LogP contribution >= 0.6 is 23.4 Å². The molecule has 0 aliphatic carbocycles. The number of benzene rings is 2. The van der Waals surface area contributed by atoms with Crippen molar-refractivity contribution >= 4 is 23.4 Å². The molecule has 140 valence electrons. The summed E-state index contributed by atoms with van der Waals surface area (Å²) in [5.41, 5.74) is 3.20. The molecule has 3 nitrogen and oxygen atoms in total. The van der Waals surface area contributed by atoms with Crippen LogP contribution in [0.15, 0.2) is 59.8 Å². The molecule has 27 heavy (non-hydrogen) atoms. The molecule has 1 heterocycles. The summed E-state index contributed by atoms with van der Waals surface area (Å²) in [6.45, 7) is 6.39. The number of rotatable bonds is 7. The van der Waals surface area contributed by atoms with Crippen LogP contribution in [-0.4, -0.2) is 9.97 Å². The van der Waals surface area contributed by atoms with Crippen molar-refractivity contribution in [2.45, 2.75) is 44.0 Å². The second-order valence-corrected chi connectivity index (χ2v) is 7.86. The van der Waals surface area contributed by atoms with Crippen molar-refractivity contribution in [1.82, 2.24) is 9.97 Å². The zero-order chi connectivity index (χ0) is 19.2. The van der Waals surface area contributed by atoms with Gasteiger partial charge < -0.3 is 4.74 Å². The van der Waals surface area contributed by atoms with Gasteiger partial charge >= 0.3 is 0 Å². The molecule has 0 bridgehead atoms. The normalized spacial score (nSPS) is 11.0. The number of halogens is 1. The Labute approximate surface area is 170 Å². The van der Waals surface area contributed by atoms with Crippen LogP contribution in [0.2, 0.25) is 5.02 Å². The van der Waals surface area contributed by atoms with E-state index in [0.717, 1.165) is 34.2 Å². The van der Waals surface area contributed by atoms with Gasteiger partial charge in [-0.2, -0.15) is 4.98 Å². The van der Waals surface area contributed by atoms with Gasteiger partial charge in [-0.3, -0.25) is 0 Å². The molecule has 0 aliphatic rings. The number of hydrogen-bond donors (Lipinski definition) is 0. The molecule has 0 N–H and O–H groups in total. The van der Waals surface area contributed by atoms with E-state index in [1.807, 2.05) is 48.5 Å². The van der Waals surface area contributed by atoms with Gasteiger partial charge in [-0.15, -0.1) is 0 Å². The molecule has 1 aromatic heterocycles. The smallest absolute Gasteiger partial charge is 0.223 e. The van der Waals surface area contributed by atoms with E-state index < -0.39 is 0 Å². The highest BCUT2D eigenvalue weighted by molar-refractivity contribution is 7.98. The summed E-state index contributed by atoms with van der Waals surface area (Å²) in [6, 6.07) is 17.9. The second kappa shape index (κ2) is 9.25. The molecule has 0 fully saturated rings. The minimum absolute atomic E-state index is 0.378. The Morgan fingerprint density at radius 2 is 1.78 bits per heavy atom. The standard InChI is InChI=1S/C22H23ClN2OS/c1-4-17-13-21(26-20-12-8-6-10-18(20)15(2)3)25-22(24-17)27-14-16-9-5-7-11-19(16)23/h5-13,15H,4,14H2,1-3H3. The van der Waals surface area contributed by atoms with Crippen LogP contribution in [0.3, 0.4) is 0 Å². The van der Waals surface area contributed by atoms with Crippen LogP contribution in [0.5, 0.6) is 11.6 Å². The Balaban J connectivity index is 1.83. The van der Waals surface area contributed by atoms with Gasteiger partial charge in [0.15, 0.2) is 5.16 Å². The molecule has 0 atom stereocenters. The predicted molar refractivity (Wildman–Crippen MR) is 113 cm³/mol. The lowest BCUT2D eigenvalue weighted by Gasteiger charge is -2.14. The third-order valence-electron chi connectivity index (χ3n) is 4.17. The number of hydrogen-bond acceptors (Lipinski definition) is 4. The molecule has 0 aliphatic heterocycles. The molecule has 0 amide bonds. The summed E-state index contributed by atoms with van der Waals surface area (Å²) in [5.74, 6) is 2.52. The first kappa shape index (κ1) is 19.7. The van der Waals surface area contributed by atoms with Gasteiger partial charge in [0.1, 0.15) is 5.75 Å². The summed E-state index contributed by atoms with van der Waals surface area (Å²) in [6.07, 6.45) is 0.824. The van der Waals surface area contributed by atoms with Gasteiger partial charge in [0.2, 0.25) is 5.88 Å². The molecule has 3 aromatic rings. The van der Waals surface area contributed by atoms with E-state index in [4.69, 9.17) is 16.3 Å². The topological polar surface area (TPSA) is 35.0 Å². The highest BCUT2D eigenvalue weighted by Gasteiger charge is 2.12. The monoisotopic (exact) mass is 398 g/mol. The van der Waals surface area contributed by atoms with Crippen molar-refractivity contribution in [2.24, 2.45) is 0 Å². The molecule has 2 aromatic carbocycles. The van der Waals surface area contributed by atoms with Crippen molar-refractivity contribution in [2.75, 3.05) is 0 Å². The molecule has 0 saturated heterocycles. The van der Waals surface area contributed by atoms with Crippen molar-refractivity contribution in [3.05, 3.63) is 76.4 Å². The van der Waals surface area contributed by atoms with E-state index in [-0.39, 0.29) is 0 Å². The molecule has 5 heteroatoms. The van der Waals surface area contributed by atoms with Gasteiger partial charge in [-0.25, -0.2) is 4.98 Å². The number of nitrogens with zero attached hydrogens (tertiary/aromatic N) is 2. The van der Waals surface area contributed by atoms with E-state index in [9.17, 15) is 0 Å². The van der Waals surface area contributed by atoms with E-state index >= 15 is 0 Å². The average Bonchev–Trinajstić information content (AvgIpc) is 2.67. The second-order valence-electron chi connectivity index (χ2n) is 6.51. The van der Waals surface area contributed by atoms with Gasteiger partial charge in [0.25, 0.3) is 0 Å². The fraction of sp³-hybridized carbons (Fsp3) is 0.273. The highest BCUT2D eigenvalue weighted by atomic mass is 35.5. The summed E-state index contributed by atoms with van der Waals surface area (Å²) < 4.78 is 6.14. The fourth-order valence-electron chi connectivity index (χ4n) is 2.67. The SMILES string of the molecule is CCc1cc(Oc2ccccc2C(C)C)nc(SCc2ccccc2Cl)n1. The van der Waals surface area contributed by atoms with Gasteiger partial charge in [0, 0.05) is 22.5 Å². The van der Waals surface area contributed by atoms with E-state index in [2.05, 4.69) is 36.8 Å². The van der Waals surface area contributed by atoms with E-state index in [1.54, 1.807) is 11.8 Å². The Morgan fingerprint density at radius 3 is 2.52 bits per heavy atom. The van der Waals surface area contributed by atoms with Crippen LogP contribution in [0, 0.1) is 0 Å². The number of thioether (sulfide) groups is 1. The van der Waals surface area contributed by atoms with Gasteiger partial charge in [-0.1, -0.05) is 80.5 Å². The average molecular weight is 399 g/mol. The minimum Gasteiger partial charge on any atom is -0.439 e. The molecular weight excluding hydrogens is 376 g/mol. The summed E-state index contributed by atoms with van der Waals surface area (Å²) in [5, 5.41) is 1.46. The van der Waals surface area contributed by atoms with Crippen molar-refractivity contribution in [3.63, 3.8) is 0 Å². The first-order chi connectivity index (χ1) is 13.1. The highest BCUT2D eigenvalue weighted by Crippen LogP contribution is 2.31. The van der Waals surface area contributed by atoms with Crippen LogP contribution in [0.4, 0.5) is 0 Å². The third-order valence-corrected chi connectivity index (χ3v) is 5.43. The van der Waals surface area contributed by atoms with Gasteiger partial charge in [-0.05, 0) is 35.6 Å². The third kappa shape index (κ3) is 5.24. The Kier molecular flexibility index (Phi) is 6.75. The van der Waals surface area contributed by atoms with E-state index in [0.29, 0.717) is 17.0 Å². The quantitative estimate of drug-likeness (QED) is 0.320. The lowest BCUT2D eigenvalue weighted by Crippen LogP contribution is -1.99. The van der Waals surface area contributed by atoms with Crippen LogP contribution in [-0.2, 0) is 12.2 Å². The summed E-state index contributed by atoms with van der Waals surface area (Å²) in [4.78, 5) is 9.23. The zero-order valence-electron chi connectivity index (χ0n) is 15.8. The first-order valence-corrected chi connectivity index (χ1v) is 10.4. The van der Waals surface area contributed by atoms with Gasteiger partial charge in [0.05, 0.1) is 0 Å². The lowest BCUT2D eigenvalue weighted by atomic mass is 10.0. The van der Waals surface area contributed by atoms with E-state index in [1.165, 1.54) is 5.56 Å². The van der Waals surface area contributed by atoms with Crippen LogP contribution in [0.25, 0.3) is 0 Å². The lowest BCUT2D eigenvalue weighted by molar-refractivity contribution is 0.446. The molecule has 0 saturated carbocycles. The number of aryl methyl sites for hydroxylation is 1. The fourth-order valence-corrected chi connectivity index (χ4v) is 3.82. The van der Waals surface area contributed by atoms with Crippen molar-refractivity contribution in [1.29, 1.82) is 0 Å². The number of para-hydroxylation sites is 1.